The van der Waals surface area contributed by atoms with E-state index < -0.39 is 23.9 Å². The summed E-state index contributed by atoms with van der Waals surface area (Å²) in [5, 5.41) is 11.5. The number of rotatable bonds is 5. The van der Waals surface area contributed by atoms with Gasteiger partial charge >= 0.3 is 12.0 Å². The first-order chi connectivity index (χ1) is 9.36. The van der Waals surface area contributed by atoms with Crippen molar-refractivity contribution in [2.24, 2.45) is 5.92 Å². The first kappa shape index (κ1) is 15.9. The topological polar surface area (TPSA) is 69.6 Å². The standard InChI is InChI=1S/C14H19FN2O3/c1-4-17(11-7-5-6-10(15)8-11)14(20)16-12(9(2)3)13(18)19/h5-9,12H,4H2,1-3H3,(H,16,20)(H,18,19)/t12-/m1/s1. The van der Waals surface area contributed by atoms with Gasteiger partial charge in [0.05, 0.1) is 0 Å². The Bertz CT molecular complexity index is 491. The van der Waals surface area contributed by atoms with Crippen molar-refractivity contribution in [3.63, 3.8) is 0 Å². The molecule has 1 aromatic carbocycles. The molecule has 0 saturated heterocycles. The Kier molecular flexibility index (Phi) is 5.49. The van der Waals surface area contributed by atoms with Crippen molar-refractivity contribution >= 4 is 17.7 Å². The zero-order chi connectivity index (χ0) is 15.3. The summed E-state index contributed by atoms with van der Waals surface area (Å²) < 4.78 is 13.2. The van der Waals surface area contributed by atoms with Crippen LogP contribution in [0.2, 0.25) is 0 Å². The van der Waals surface area contributed by atoms with Crippen molar-refractivity contribution in [2.45, 2.75) is 26.8 Å². The molecule has 0 aliphatic carbocycles. The van der Waals surface area contributed by atoms with E-state index in [2.05, 4.69) is 5.32 Å². The molecule has 20 heavy (non-hydrogen) atoms. The fourth-order valence-corrected chi connectivity index (χ4v) is 1.81. The number of hydrogen-bond donors (Lipinski definition) is 2. The van der Waals surface area contributed by atoms with Gasteiger partial charge in [0, 0.05) is 12.2 Å². The SMILES string of the molecule is CCN(C(=O)N[C@@H](C(=O)O)C(C)C)c1cccc(F)c1. The fourth-order valence-electron chi connectivity index (χ4n) is 1.81. The quantitative estimate of drug-likeness (QED) is 0.871. The van der Waals surface area contributed by atoms with Gasteiger partial charge in [-0.15, -0.1) is 0 Å². The molecule has 1 atom stereocenters. The number of carboxylic acids is 1. The maximum atomic E-state index is 13.2. The lowest BCUT2D eigenvalue weighted by Gasteiger charge is -2.25. The fraction of sp³-hybridized carbons (Fsp3) is 0.429. The number of benzene rings is 1. The van der Waals surface area contributed by atoms with Gasteiger partial charge in [-0.25, -0.2) is 14.0 Å². The molecule has 5 nitrogen and oxygen atoms in total. The van der Waals surface area contributed by atoms with Crippen LogP contribution in [0.3, 0.4) is 0 Å². The second-order valence-electron chi connectivity index (χ2n) is 4.73. The maximum absolute atomic E-state index is 13.2. The number of carbonyl (C=O) groups is 2. The molecule has 110 valence electrons. The number of carboxylic acid groups (broad SMARTS) is 1. The lowest BCUT2D eigenvalue weighted by atomic mass is 10.1. The van der Waals surface area contributed by atoms with Crippen LogP contribution in [0.4, 0.5) is 14.9 Å². The van der Waals surface area contributed by atoms with Crippen molar-refractivity contribution in [1.82, 2.24) is 5.32 Å². The van der Waals surface area contributed by atoms with Gasteiger partial charge in [0.1, 0.15) is 11.9 Å². The summed E-state index contributed by atoms with van der Waals surface area (Å²) in [4.78, 5) is 24.5. The van der Waals surface area contributed by atoms with Gasteiger partial charge in [0.25, 0.3) is 0 Å². The van der Waals surface area contributed by atoms with Gasteiger partial charge in [0.2, 0.25) is 0 Å². The zero-order valence-electron chi connectivity index (χ0n) is 11.8. The summed E-state index contributed by atoms with van der Waals surface area (Å²) in [5.74, 6) is -1.79. The van der Waals surface area contributed by atoms with Crippen molar-refractivity contribution < 1.29 is 19.1 Å². The third kappa shape index (κ3) is 3.94. The number of amides is 2. The molecule has 0 heterocycles. The highest BCUT2D eigenvalue weighted by molar-refractivity contribution is 5.94. The van der Waals surface area contributed by atoms with E-state index in [4.69, 9.17) is 5.11 Å². The predicted molar refractivity (Wildman–Crippen MR) is 74.2 cm³/mol. The van der Waals surface area contributed by atoms with Gasteiger partial charge in [-0.2, -0.15) is 0 Å². The number of aliphatic carboxylic acids is 1. The molecular formula is C14H19FN2O3. The highest BCUT2D eigenvalue weighted by atomic mass is 19.1. The minimum atomic E-state index is -1.09. The lowest BCUT2D eigenvalue weighted by Crippen LogP contribution is -2.50. The number of hydrogen-bond acceptors (Lipinski definition) is 2. The highest BCUT2D eigenvalue weighted by Crippen LogP contribution is 2.16. The number of urea groups is 1. The van der Waals surface area contributed by atoms with Crippen molar-refractivity contribution in [3.05, 3.63) is 30.1 Å². The van der Waals surface area contributed by atoms with E-state index in [1.165, 1.54) is 23.1 Å². The Balaban J connectivity index is 2.90. The van der Waals surface area contributed by atoms with Crippen LogP contribution in [0.5, 0.6) is 0 Å². The summed E-state index contributed by atoms with van der Waals surface area (Å²) in [7, 11) is 0. The average Bonchev–Trinajstić information content (AvgIpc) is 2.36. The van der Waals surface area contributed by atoms with Crippen molar-refractivity contribution in [2.75, 3.05) is 11.4 Å². The molecule has 0 spiro atoms. The number of carbonyl (C=O) groups excluding carboxylic acids is 1. The molecule has 1 rings (SSSR count). The van der Waals surface area contributed by atoms with Gasteiger partial charge in [-0.3, -0.25) is 4.90 Å². The van der Waals surface area contributed by atoms with E-state index in [-0.39, 0.29) is 5.92 Å². The molecule has 2 N–H and O–H groups in total. The number of nitrogens with one attached hydrogen (secondary N) is 1. The molecule has 0 saturated carbocycles. The molecule has 6 heteroatoms. The molecule has 1 aromatic rings. The highest BCUT2D eigenvalue weighted by Gasteiger charge is 2.26. The van der Waals surface area contributed by atoms with E-state index in [0.717, 1.165) is 0 Å². The van der Waals surface area contributed by atoms with Crippen LogP contribution in [0.1, 0.15) is 20.8 Å². The van der Waals surface area contributed by atoms with E-state index in [0.29, 0.717) is 12.2 Å². The summed E-state index contributed by atoms with van der Waals surface area (Å²) in [6.45, 7) is 5.45. The van der Waals surface area contributed by atoms with Gasteiger partial charge < -0.3 is 10.4 Å². The Morgan fingerprint density at radius 1 is 1.40 bits per heavy atom. The third-order valence-electron chi connectivity index (χ3n) is 2.89. The minimum Gasteiger partial charge on any atom is -0.480 e. The molecule has 0 aliphatic heterocycles. The molecular weight excluding hydrogens is 263 g/mol. The summed E-state index contributed by atoms with van der Waals surface area (Å²) >= 11 is 0. The summed E-state index contributed by atoms with van der Waals surface area (Å²) in [6.07, 6.45) is 0. The zero-order valence-corrected chi connectivity index (χ0v) is 11.8. The van der Waals surface area contributed by atoms with Crippen LogP contribution in [-0.4, -0.2) is 29.7 Å². The smallest absolute Gasteiger partial charge is 0.326 e. The van der Waals surface area contributed by atoms with Crippen LogP contribution in [0, 0.1) is 11.7 Å². The summed E-state index contributed by atoms with van der Waals surface area (Å²) in [6, 6.07) is 4.07. The number of halogens is 1. The first-order valence-electron chi connectivity index (χ1n) is 6.43. The van der Waals surface area contributed by atoms with Gasteiger partial charge in [-0.05, 0) is 31.0 Å². The second-order valence-corrected chi connectivity index (χ2v) is 4.73. The number of anilines is 1. The normalized spacial score (nSPS) is 12.1. The largest absolute Gasteiger partial charge is 0.480 e. The molecule has 0 aromatic heterocycles. The third-order valence-corrected chi connectivity index (χ3v) is 2.89. The van der Waals surface area contributed by atoms with E-state index in [9.17, 15) is 14.0 Å². The second kappa shape index (κ2) is 6.88. The average molecular weight is 282 g/mol. The van der Waals surface area contributed by atoms with Crippen molar-refractivity contribution in [3.8, 4) is 0 Å². The van der Waals surface area contributed by atoms with E-state index in [1.54, 1.807) is 26.8 Å². The molecule has 2 amide bonds. The molecule has 0 unspecified atom stereocenters. The Labute approximate surface area is 117 Å². The summed E-state index contributed by atoms with van der Waals surface area (Å²) in [5.41, 5.74) is 0.387. The van der Waals surface area contributed by atoms with Gasteiger partial charge in [0.15, 0.2) is 0 Å². The predicted octanol–water partition coefficient (Wildman–Crippen LogP) is 2.47. The lowest BCUT2D eigenvalue weighted by molar-refractivity contribution is -0.140. The number of nitrogens with zero attached hydrogens (tertiary/aromatic N) is 1. The van der Waals surface area contributed by atoms with Crippen LogP contribution in [-0.2, 0) is 4.79 Å². The molecule has 0 aliphatic rings. The molecule has 0 bridgehead atoms. The van der Waals surface area contributed by atoms with Crippen LogP contribution < -0.4 is 10.2 Å². The van der Waals surface area contributed by atoms with Gasteiger partial charge in [-0.1, -0.05) is 19.9 Å². The van der Waals surface area contributed by atoms with Crippen molar-refractivity contribution in [1.29, 1.82) is 0 Å². The minimum absolute atomic E-state index is 0.248. The Morgan fingerprint density at radius 2 is 2.05 bits per heavy atom. The first-order valence-corrected chi connectivity index (χ1v) is 6.43. The van der Waals surface area contributed by atoms with Crippen LogP contribution >= 0.6 is 0 Å². The van der Waals surface area contributed by atoms with E-state index in [1.807, 2.05) is 0 Å². The monoisotopic (exact) mass is 282 g/mol. The Morgan fingerprint density at radius 3 is 2.50 bits per heavy atom. The molecule has 0 radical (unpaired) electrons. The Hall–Kier alpha value is -2.11. The van der Waals surface area contributed by atoms with Crippen LogP contribution in [0.15, 0.2) is 24.3 Å². The molecule has 0 fully saturated rings. The van der Waals surface area contributed by atoms with E-state index >= 15 is 0 Å². The maximum Gasteiger partial charge on any atom is 0.326 e. The van der Waals surface area contributed by atoms with Crippen LogP contribution in [0.25, 0.3) is 0 Å².